The average molecular weight is 352 g/mol. The summed E-state index contributed by atoms with van der Waals surface area (Å²) in [4.78, 5) is 24.8. The van der Waals surface area contributed by atoms with E-state index in [1.807, 2.05) is 6.92 Å². The Hall–Kier alpha value is -2.38. The van der Waals surface area contributed by atoms with Crippen LogP contribution in [0.1, 0.15) is 53.1 Å². The van der Waals surface area contributed by atoms with Gasteiger partial charge >= 0.3 is 6.18 Å². The normalized spacial score (nSPS) is 18.4. The molecule has 0 bridgehead atoms. The number of rotatable bonds is 3. The first-order valence-electron chi connectivity index (χ1n) is 8.24. The largest absolute Gasteiger partial charge is 0.432 e. The number of alkyl halides is 3. The number of likely N-dealkylation sites (tertiary alicyclic amines) is 1. The maximum Gasteiger partial charge on any atom is 0.432 e. The molecule has 5 nitrogen and oxygen atoms in total. The van der Waals surface area contributed by atoms with Crippen molar-refractivity contribution in [3.05, 3.63) is 47.3 Å². The van der Waals surface area contributed by atoms with Gasteiger partial charge in [-0.3, -0.25) is 9.78 Å². The summed E-state index contributed by atoms with van der Waals surface area (Å²) in [5.74, 6) is -0.0393. The Morgan fingerprint density at radius 3 is 2.88 bits per heavy atom. The van der Waals surface area contributed by atoms with Crippen LogP contribution < -0.4 is 0 Å². The molecule has 0 spiro atoms. The number of aromatic nitrogens is 3. The Bertz CT molecular complexity index is 756. The highest BCUT2D eigenvalue weighted by Gasteiger charge is 2.35. The van der Waals surface area contributed by atoms with Crippen LogP contribution in [-0.4, -0.2) is 38.8 Å². The Morgan fingerprint density at radius 1 is 1.40 bits per heavy atom. The molecule has 0 saturated carbocycles. The SMILES string of the molecule is CCc1cnccc1C(=O)N1CCC[C@@H](c2ncc(C(F)(F)F)[nH]2)C1. The number of aromatic amines is 1. The number of piperidine rings is 1. The molecular formula is C17H19F3N4O. The number of hydrogen-bond donors (Lipinski definition) is 1. The van der Waals surface area contributed by atoms with Crippen LogP contribution in [0.15, 0.2) is 24.7 Å². The van der Waals surface area contributed by atoms with E-state index < -0.39 is 11.9 Å². The summed E-state index contributed by atoms with van der Waals surface area (Å²) < 4.78 is 38.2. The fourth-order valence-corrected chi connectivity index (χ4v) is 3.16. The van der Waals surface area contributed by atoms with Gasteiger partial charge < -0.3 is 9.88 Å². The number of halogens is 3. The first-order valence-corrected chi connectivity index (χ1v) is 8.24. The summed E-state index contributed by atoms with van der Waals surface area (Å²) in [6.07, 6.45) is 1.75. The molecule has 0 aromatic carbocycles. The summed E-state index contributed by atoms with van der Waals surface area (Å²) in [6.45, 7) is 2.90. The minimum atomic E-state index is -4.44. The van der Waals surface area contributed by atoms with E-state index in [4.69, 9.17) is 0 Å². The third-order valence-corrected chi connectivity index (χ3v) is 4.51. The third kappa shape index (κ3) is 3.67. The van der Waals surface area contributed by atoms with Crippen LogP contribution in [0.4, 0.5) is 13.2 Å². The second-order valence-corrected chi connectivity index (χ2v) is 6.16. The van der Waals surface area contributed by atoms with Crippen molar-refractivity contribution in [2.45, 2.75) is 38.3 Å². The van der Waals surface area contributed by atoms with Crippen molar-refractivity contribution in [2.75, 3.05) is 13.1 Å². The fourth-order valence-electron chi connectivity index (χ4n) is 3.16. The van der Waals surface area contributed by atoms with Crippen LogP contribution in [0.3, 0.4) is 0 Å². The zero-order valence-corrected chi connectivity index (χ0v) is 13.8. The van der Waals surface area contributed by atoms with Gasteiger partial charge in [0.05, 0.1) is 6.20 Å². The van der Waals surface area contributed by atoms with Gasteiger partial charge in [0.15, 0.2) is 0 Å². The standard InChI is InChI=1S/C17H19F3N4O/c1-2-11-8-21-6-5-13(11)16(25)24-7-3-4-12(10-24)15-22-9-14(23-15)17(18,19)20/h5-6,8-9,12H,2-4,7,10H2,1H3,(H,22,23)/t12-/m1/s1. The highest BCUT2D eigenvalue weighted by Crippen LogP contribution is 2.31. The molecule has 1 amide bonds. The molecule has 8 heteroatoms. The highest BCUT2D eigenvalue weighted by molar-refractivity contribution is 5.95. The van der Waals surface area contributed by atoms with Gasteiger partial charge in [0, 0.05) is 37.0 Å². The summed E-state index contributed by atoms with van der Waals surface area (Å²) in [5.41, 5.74) is 0.619. The molecule has 0 aliphatic carbocycles. The first kappa shape index (κ1) is 17.4. The van der Waals surface area contributed by atoms with Gasteiger partial charge in [0.1, 0.15) is 11.5 Å². The molecule has 1 aliphatic rings. The van der Waals surface area contributed by atoms with Crippen LogP contribution >= 0.6 is 0 Å². The van der Waals surface area contributed by atoms with Gasteiger partial charge in [-0.05, 0) is 30.9 Å². The van der Waals surface area contributed by atoms with Crippen LogP contribution in [0.5, 0.6) is 0 Å². The van der Waals surface area contributed by atoms with Crippen molar-refractivity contribution in [3.8, 4) is 0 Å². The molecule has 1 N–H and O–H groups in total. The third-order valence-electron chi connectivity index (χ3n) is 4.51. The molecule has 0 radical (unpaired) electrons. The number of aryl methyl sites for hydroxylation is 1. The van der Waals surface area contributed by atoms with Gasteiger partial charge in [-0.15, -0.1) is 0 Å². The van der Waals surface area contributed by atoms with E-state index in [0.717, 1.165) is 18.2 Å². The molecule has 1 aliphatic heterocycles. The van der Waals surface area contributed by atoms with E-state index >= 15 is 0 Å². The highest BCUT2D eigenvalue weighted by atomic mass is 19.4. The fraction of sp³-hybridized carbons (Fsp3) is 0.471. The molecule has 2 aromatic heterocycles. The van der Waals surface area contributed by atoms with Crippen molar-refractivity contribution in [3.63, 3.8) is 0 Å². The van der Waals surface area contributed by atoms with E-state index in [1.54, 1.807) is 23.4 Å². The van der Waals surface area contributed by atoms with Gasteiger partial charge in [-0.2, -0.15) is 13.2 Å². The number of carbonyl (C=O) groups is 1. The molecule has 1 atom stereocenters. The number of nitrogens with zero attached hydrogens (tertiary/aromatic N) is 3. The predicted molar refractivity (Wildman–Crippen MR) is 85.1 cm³/mol. The first-order chi connectivity index (χ1) is 11.9. The maximum atomic E-state index is 12.8. The molecule has 1 fully saturated rings. The molecule has 3 rings (SSSR count). The Kier molecular flexibility index (Phi) is 4.78. The minimum absolute atomic E-state index is 0.105. The Labute approximate surface area is 143 Å². The van der Waals surface area contributed by atoms with Crippen LogP contribution in [-0.2, 0) is 12.6 Å². The zero-order valence-electron chi connectivity index (χ0n) is 13.8. The number of hydrogen-bond acceptors (Lipinski definition) is 3. The molecule has 2 aromatic rings. The molecule has 3 heterocycles. The van der Waals surface area contributed by atoms with E-state index in [-0.39, 0.29) is 17.6 Å². The quantitative estimate of drug-likeness (QED) is 0.921. The second-order valence-electron chi connectivity index (χ2n) is 6.16. The van der Waals surface area contributed by atoms with Gasteiger partial charge in [-0.25, -0.2) is 4.98 Å². The number of H-pyrrole nitrogens is 1. The van der Waals surface area contributed by atoms with Gasteiger partial charge in [-0.1, -0.05) is 6.92 Å². The molecular weight excluding hydrogens is 333 g/mol. The lowest BCUT2D eigenvalue weighted by molar-refractivity contribution is -0.141. The maximum absolute atomic E-state index is 12.8. The zero-order chi connectivity index (χ0) is 18.0. The Morgan fingerprint density at radius 2 is 2.20 bits per heavy atom. The van der Waals surface area contributed by atoms with Crippen LogP contribution in [0.25, 0.3) is 0 Å². The number of pyridine rings is 1. The van der Waals surface area contributed by atoms with Crippen LogP contribution in [0, 0.1) is 0 Å². The van der Waals surface area contributed by atoms with Crippen molar-refractivity contribution in [2.24, 2.45) is 0 Å². The van der Waals surface area contributed by atoms with Gasteiger partial charge in [0.2, 0.25) is 0 Å². The number of carbonyl (C=O) groups excluding carboxylic acids is 1. The number of amides is 1. The lowest BCUT2D eigenvalue weighted by atomic mass is 9.96. The Balaban J connectivity index is 1.77. The van der Waals surface area contributed by atoms with Crippen molar-refractivity contribution >= 4 is 5.91 Å². The monoisotopic (exact) mass is 352 g/mol. The lowest BCUT2D eigenvalue weighted by Crippen LogP contribution is -2.39. The average Bonchev–Trinajstić information content (AvgIpc) is 3.12. The minimum Gasteiger partial charge on any atom is -0.338 e. The number of imidazole rings is 1. The summed E-state index contributed by atoms with van der Waals surface area (Å²) in [6, 6.07) is 1.69. The summed E-state index contributed by atoms with van der Waals surface area (Å²) in [7, 11) is 0. The van der Waals surface area contributed by atoms with E-state index in [2.05, 4.69) is 15.0 Å². The molecule has 1 saturated heterocycles. The van der Waals surface area contributed by atoms with Crippen molar-refractivity contribution in [1.29, 1.82) is 0 Å². The van der Waals surface area contributed by atoms with Crippen molar-refractivity contribution in [1.82, 2.24) is 19.9 Å². The second kappa shape index (κ2) is 6.85. The summed E-state index contributed by atoms with van der Waals surface area (Å²) in [5, 5.41) is 0. The van der Waals surface area contributed by atoms with E-state index in [0.29, 0.717) is 31.5 Å². The molecule has 134 valence electrons. The van der Waals surface area contributed by atoms with E-state index in [1.165, 1.54) is 0 Å². The smallest absolute Gasteiger partial charge is 0.338 e. The lowest BCUT2D eigenvalue weighted by Gasteiger charge is -2.32. The van der Waals surface area contributed by atoms with E-state index in [9.17, 15) is 18.0 Å². The van der Waals surface area contributed by atoms with Gasteiger partial charge in [0.25, 0.3) is 5.91 Å². The van der Waals surface area contributed by atoms with Crippen LogP contribution in [0.2, 0.25) is 0 Å². The van der Waals surface area contributed by atoms with Crippen molar-refractivity contribution < 1.29 is 18.0 Å². The topological polar surface area (TPSA) is 61.9 Å². The predicted octanol–water partition coefficient (Wildman–Crippen LogP) is 3.41. The number of nitrogens with one attached hydrogen (secondary N) is 1. The molecule has 25 heavy (non-hydrogen) atoms. The summed E-state index contributed by atoms with van der Waals surface area (Å²) >= 11 is 0. The molecule has 0 unspecified atom stereocenters.